The molecule has 1 aromatic carbocycles. The lowest BCUT2D eigenvalue weighted by Gasteiger charge is -2.12. The molecule has 1 atom stereocenters. The van der Waals surface area contributed by atoms with Crippen LogP contribution >= 0.6 is 23.1 Å². The second-order valence-corrected chi connectivity index (χ2v) is 6.45. The van der Waals surface area contributed by atoms with E-state index in [9.17, 15) is 4.79 Å². The van der Waals surface area contributed by atoms with Crippen LogP contribution in [-0.2, 0) is 4.79 Å². The second-order valence-electron chi connectivity index (χ2n) is 4.03. The minimum absolute atomic E-state index is 0.0620. The first kappa shape index (κ1) is 13.8. The van der Waals surface area contributed by atoms with Gasteiger partial charge in [0.1, 0.15) is 5.51 Å². The van der Waals surface area contributed by atoms with Crippen LogP contribution in [0, 0.1) is 6.92 Å². The average molecular weight is 294 g/mol. The van der Waals surface area contributed by atoms with E-state index in [1.165, 1.54) is 23.1 Å². The molecule has 0 fully saturated rings. The summed E-state index contributed by atoms with van der Waals surface area (Å²) in [6.45, 7) is 3.75. The van der Waals surface area contributed by atoms with E-state index < -0.39 is 0 Å². The fourth-order valence-corrected chi connectivity index (χ4v) is 3.11. The van der Waals surface area contributed by atoms with Gasteiger partial charge in [0.05, 0.1) is 5.25 Å². The third-order valence-corrected chi connectivity index (χ3v) is 4.41. The van der Waals surface area contributed by atoms with Crippen molar-refractivity contribution in [2.45, 2.75) is 23.4 Å². The molecule has 0 aliphatic heterocycles. The SMILES string of the molecule is Cc1cc(N)ccc1NC(=O)C(C)Sc1nncs1. The highest BCUT2D eigenvalue weighted by Gasteiger charge is 2.16. The topological polar surface area (TPSA) is 80.9 Å². The third kappa shape index (κ3) is 3.68. The number of hydrogen-bond acceptors (Lipinski definition) is 6. The predicted octanol–water partition coefficient (Wildman–Crippen LogP) is 2.55. The van der Waals surface area contributed by atoms with Gasteiger partial charge in [0.25, 0.3) is 0 Å². The Morgan fingerprint density at radius 3 is 2.95 bits per heavy atom. The van der Waals surface area contributed by atoms with Crippen LogP contribution in [0.4, 0.5) is 11.4 Å². The first-order valence-corrected chi connectivity index (χ1v) is 7.42. The normalized spacial score (nSPS) is 12.1. The lowest BCUT2D eigenvalue weighted by Crippen LogP contribution is -2.22. The van der Waals surface area contributed by atoms with Crippen LogP contribution in [0.15, 0.2) is 28.0 Å². The van der Waals surface area contributed by atoms with E-state index in [1.807, 2.05) is 26.0 Å². The molecule has 1 aromatic heterocycles. The van der Waals surface area contributed by atoms with Crippen molar-refractivity contribution in [1.82, 2.24) is 10.2 Å². The molecule has 3 N–H and O–H groups in total. The highest BCUT2D eigenvalue weighted by Crippen LogP contribution is 2.25. The van der Waals surface area contributed by atoms with Gasteiger partial charge >= 0.3 is 0 Å². The molecule has 7 heteroatoms. The van der Waals surface area contributed by atoms with Crippen LogP contribution in [0.25, 0.3) is 0 Å². The Morgan fingerprint density at radius 2 is 2.32 bits per heavy atom. The molecule has 100 valence electrons. The number of amides is 1. The van der Waals surface area contributed by atoms with Crippen molar-refractivity contribution in [3.05, 3.63) is 29.3 Å². The zero-order valence-corrected chi connectivity index (χ0v) is 12.2. The van der Waals surface area contributed by atoms with E-state index >= 15 is 0 Å². The number of nitrogens with one attached hydrogen (secondary N) is 1. The van der Waals surface area contributed by atoms with Crippen molar-refractivity contribution in [1.29, 1.82) is 0 Å². The zero-order chi connectivity index (χ0) is 13.8. The van der Waals surface area contributed by atoms with Gasteiger partial charge in [-0.2, -0.15) is 0 Å². The minimum atomic E-state index is -0.232. The Morgan fingerprint density at radius 1 is 1.53 bits per heavy atom. The molecule has 1 unspecified atom stereocenters. The summed E-state index contributed by atoms with van der Waals surface area (Å²) in [5, 5.41) is 10.3. The number of nitrogen functional groups attached to an aromatic ring is 1. The van der Waals surface area contributed by atoms with Crippen LogP contribution in [0.5, 0.6) is 0 Å². The van der Waals surface area contributed by atoms with Gasteiger partial charge in [-0.15, -0.1) is 10.2 Å². The molecule has 19 heavy (non-hydrogen) atoms. The molecule has 0 aliphatic carbocycles. The Labute approximate surface area is 119 Å². The summed E-state index contributed by atoms with van der Waals surface area (Å²) in [6.07, 6.45) is 0. The minimum Gasteiger partial charge on any atom is -0.399 e. The van der Waals surface area contributed by atoms with E-state index in [1.54, 1.807) is 11.6 Å². The zero-order valence-electron chi connectivity index (χ0n) is 10.6. The van der Waals surface area contributed by atoms with Crippen molar-refractivity contribution in [2.75, 3.05) is 11.1 Å². The highest BCUT2D eigenvalue weighted by atomic mass is 32.2. The van der Waals surface area contributed by atoms with Crippen molar-refractivity contribution >= 4 is 40.4 Å². The smallest absolute Gasteiger partial charge is 0.237 e. The van der Waals surface area contributed by atoms with Crippen LogP contribution in [0.3, 0.4) is 0 Å². The number of carbonyl (C=O) groups excluding carboxylic acids is 1. The summed E-state index contributed by atoms with van der Waals surface area (Å²) in [7, 11) is 0. The maximum absolute atomic E-state index is 12.1. The third-order valence-electron chi connectivity index (χ3n) is 2.50. The number of nitrogens with zero attached hydrogens (tertiary/aromatic N) is 2. The lowest BCUT2D eigenvalue weighted by molar-refractivity contribution is -0.115. The van der Waals surface area contributed by atoms with Crippen molar-refractivity contribution in [3.8, 4) is 0 Å². The Bertz CT molecular complexity index is 571. The van der Waals surface area contributed by atoms with Gasteiger partial charge in [0.2, 0.25) is 5.91 Å². The van der Waals surface area contributed by atoms with E-state index in [0.717, 1.165) is 15.6 Å². The summed E-state index contributed by atoms with van der Waals surface area (Å²) in [6, 6.07) is 5.41. The van der Waals surface area contributed by atoms with Crippen molar-refractivity contribution in [3.63, 3.8) is 0 Å². The van der Waals surface area contributed by atoms with Gasteiger partial charge in [-0.05, 0) is 37.6 Å². The van der Waals surface area contributed by atoms with E-state index in [-0.39, 0.29) is 11.2 Å². The molecule has 5 nitrogen and oxygen atoms in total. The fourth-order valence-electron chi connectivity index (χ4n) is 1.48. The summed E-state index contributed by atoms with van der Waals surface area (Å²) >= 11 is 2.82. The summed E-state index contributed by atoms with van der Waals surface area (Å²) in [5.41, 5.74) is 9.74. The van der Waals surface area contributed by atoms with Gasteiger partial charge in [0.15, 0.2) is 4.34 Å². The van der Waals surface area contributed by atoms with Crippen LogP contribution in [-0.4, -0.2) is 21.4 Å². The summed E-state index contributed by atoms with van der Waals surface area (Å²) in [5.74, 6) is -0.0620. The maximum atomic E-state index is 12.1. The molecular formula is C12H14N4OS2. The molecule has 2 aromatic rings. The lowest BCUT2D eigenvalue weighted by atomic mass is 10.2. The van der Waals surface area contributed by atoms with Gasteiger partial charge in [-0.25, -0.2) is 0 Å². The van der Waals surface area contributed by atoms with Gasteiger partial charge in [-0.1, -0.05) is 23.1 Å². The highest BCUT2D eigenvalue weighted by molar-refractivity contribution is 8.02. The van der Waals surface area contributed by atoms with Crippen molar-refractivity contribution in [2.24, 2.45) is 0 Å². The van der Waals surface area contributed by atoms with Gasteiger partial charge < -0.3 is 11.1 Å². The number of nitrogens with two attached hydrogens (primary N) is 1. The Kier molecular flexibility index (Phi) is 4.39. The first-order valence-electron chi connectivity index (χ1n) is 5.66. The molecule has 0 aliphatic rings. The first-order chi connectivity index (χ1) is 9.06. The number of carbonyl (C=O) groups is 1. The quantitative estimate of drug-likeness (QED) is 0.669. The number of benzene rings is 1. The van der Waals surface area contributed by atoms with Gasteiger partial charge in [0, 0.05) is 11.4 Å². The molecule has 0 saturated carbocycles. The molecule has 2 rings (SSSR count). The van der Waals surface area contributed by atoms with Gasteiger partial charge in [-0.3, -0.25) is 4.79 Å². The van der Waals surface area contributed by atoms with Crippen LogP contribution in [0.2, 0.25) is 0 Å². The number of aryl methyl sites for hydroxylation is 1. The Balaban J connectivity index is 2.00. The van der Waals surface area contributed by atoms with Crippen molar-refractivity contribution < 1.29 is 4.79 Å². The molecule has 0 spiro atoms. The standard InChI is InChI=1S/C12H14N4OS2/c1-7-5-9(13)3-4-10(7)15-11(17)8(2)19-12-16-14-6-18-12/h3-6,8H,13H2,1-2H3,(H,15,17). The Hall–Kier alpha value is -1.60. The number of anilines is 2. The van der Waals surface area contributed by atoms with Crippen LogP contribution in [0.1, 0.15) is 12.5 Å². The monoisotopic (exact) mass is 294 g/mol. The molecular weight excluding hydrogens is 280 g/mol. The fraction of sp³-hybridized carbons (Fsp3) is 0.250. The maximum Gasteiger partial charge on any atom is 0.237 e. The molecule has 0 radical (unpaired) electrons. The average Bonchev–Trinajstić information content (AvgIpc) is 2.85. The van der Waals surface area contributed by atoms with E-state index in [2.05, 4.69) is 15.5 Å². The molecule has 1 heterocycles. The van der Waals surface area contributed by atoms with E-state index in [4.69, 9.17) is 5.73 Å². The summed E-state index contributed by atoms with van der Waals surface area (Å²) in [4.78, 5) is 12.1. The number of hydrogen-bond donors (Lipinski definition) is 2. The molecule has 1 amide bonds. The summed E-state index contributed by atoms with van der Waals surface area (Å²) < 4.78 is 0.789. The second kappa shape index (κ2) is 6.03. The molecule has 0 bridgehead atoms. The number of thioether (sulfide) groups is 1. The largest absolute Gasteiger partial charge is 0.399 e. The number of rotatable bonds is 4. The predicted molar refractivity (Wildman–Crippen MR) is 79.4 cm³/mol. The molecule has 0 saturated heterocycles. The van der Waals surface area contributed by atoms with E-state index in [0.29, 0.717) is 5.69 Å². The number of aromatic nitrogens is 2. The van der Waals surface area contributed by atoms with Crippen LogP contribution < -0.4 is 11.1 Å².